The van der Waals surface area contributed by atoms with Gasteiger partial charge in [0.2, 0.25) is 0 Å². The smallest absolute Gasteiger partial charge is 0.339 e. The van der Waals surface area contributed by atoms with Crippen molar-refractivity contribution in [1.82, 2.24) is 0 Å². The maximum Gasteiger partial charge on any atom is 0.339 e. The van der Waals surface area contributed by atoms with Crippen LogP contribution in [0.4, 0.5) is 0 Å². The van der Waals surface area contributed by atoms with Gasteiger partial charge in [-0.1, -0.05) is 6.08 Å². The molecule has 4 heteroatoms. The average Bonchev–Trinajstić information content (AvgIpc) is 1.85. The molecule has 0 fully saturated rings. The van der Waals surface area contributed by atoms with Crippen LogP contribution in [0.25, 0.3) is 0 Å². The molecular formula is C7H6O4. The largest absolute Gasteiger partial charge is 0.478 e. The molecule has 0 aromatic carbocycles. The molecule has 1 rings (SSSR count). The number of carboxylic acid groups (broad SMARTS) is 1. The Balaban J connectivity index is 2.89. The van der Waals surface area contributed by atoms with E-state index in [0.717, 1.165) is 6.08 Å². The second-order valence-corrected chi connectivity index (χ2v) is 2.27. The van der Waals surface area contributed by atoms with E-state index in [0.29, 0.717) is 0 Å². The average molecular weight is 154 g/mol. The van der Waals surface area contributed by atoms with Gasteiger partial charge in [0.1, 0.15) is 5.78 Å². The SMILES string of the molecule is O=C1CC=C(C(=O)O)C(=O)C1. The fourth-order valence-electron chi connectivity index (χ4n) is 0.883. The summed E-state index contributed by atoms with van der Waals surface area (Å²) in [5.74, 6) is -2.06. The van der Waals surface area contributed by atoms with Crippen LogP contribution in [0, 0.1) is 0 Å². The van der Waals surface area contributed by atoms with Gasteiger partial charge in [0.15, 0.2) is 5.78 Å². The van der Waals surface area contributed by atoms with Gasteiger partial charge in [0, 0.05) is 6.42 Å². The summed E-state index contributed by atoms with van der Waals surface area (Å²) in [5, 5.41) is 8.39. The lowest BCUT2D eigenvalue weighted by Gasteiger charge is -2.05. The summed E-state index contributed by atoms with van der Waals surface area (Å²) in [6, 6.07) is 0. The van der Waals surface area contributed by atoms with Crippen molar-refractivity contribution in [3.05, 3.63) is 11.6 Å². The van der Waals surface area contributed by atoms with Gasteiger partial charge >= 0.3 is 5.97 Å². The number of hydrogen-bond donors (Lipinski definition) is 1. The third-order valence-corrected chi connectivity index (χ3v) is 1.42. The molecule has 0 radical (unpaired) electrons. The fourth-order valence-corrected chi connectivity index (χ4v) is 0.883. The van der Waals surface area contributed by atoms with Crippen LogP contribution in [0.1, 0.15) is 12.8 Å². The van der Waals surface area contributed by atoms with Crippen LogP contribution in [0.15, 0.2) is 11.6 Å². The van der Waals surface area contributed by atoms with Gasteiger partial charge in [-0.15, -0.1) is 0 Å². The van der Waals surface area contributed by atoms with Gasteiger partial charge in [-0.05, 0) is 0 Å². The summed E-state index contributed by atoms with van der Waals surface area (Å²) in [4.78, 5) is 31.6. The van der Waals surface area contributed by atoms with Gasteiger partial charge in [0.25, 0.3) is 0 Å². The second-order valence-electron chi connectivity index (χ2n) is 2.27. The lowest BCUT2D eigenvalue weighted by molar-refractivity contribution is -0.135. The normalized spacial score (nSPS) is 18.0. The highest BCUT2D eigenvalue weighted by atomic mass is 16.4. The van der Waals surface area contributed by atoms with Gasteiger partial charge < -0.3 is 5.11 Å². The van der Waals surface area contributed by atoms with E-state index in [-0.39, 0.29) is 24.2 Å². The van der Waals surface area contributed by atoms with Gasteiger partial charge in [0.05, 0.1) is 12.0 Å². The molecule has 0 aromatic heterocycles. The van der Waals surface area contributed by atoms with Crippen LogP contribution >= 0.6 is 0 Å². The molecule has 0 saturated heterocycles. The van der Waals surface area contributed by atoms with E-state index >= 15 is 0 Å². The molecule has 0 heterocycles. The van der Waals surface area contributed by atoms with Crippen molar-refractivity contribution >= 4 is 17.5 Å². The predicted molar refractivity (Wildman–Crippen MR) is 35.0 cm³/mol. The monoisotopic (exact) mass is 154 g/mol. The lowest BCUT2D eigenvalue weighted by Crippen LogP contribution is -2.20. The van der Waals surface area contributed by atoms with E-state index in [2.05, 4.69) is 0 Å². The highest BCUT2D eigenvalue weighted by Crippen LogP contribution is 2.10. The molecule has 0 amide bonds. The molecule has 11 heavy (non-hydrogen) atoms. The Morgan fingerprint density at radius 3 is 2.55 bits per heavy atom. The van der Waals surface area contributed by atoms with E-state index < -0.39 is 11.8 Å². The van der Waals surface area contributed by atoms with E-state index in [4.69, 9.17) is 5.11 Å². The van der Waals surface area contributed by atoms with Crippen molar-refractivity contribution in [2.75, 3.05) is 0 Å². The molecular weight excluding hydrogens is 148 g/mol. The molecule has 0 spiro atoms. The fraction of sp³-hybridized carbons (Fsp3) is 0.286. The van der Waals surface area contributed by atoms with Crippen LogP contribution in [0.5, 0.6) is 0 Å². The molecule has 0 unspecified atom stereocenters. The second kappa shape index (κ2) is 2.65. The van der Waals surface area contributed by atoms with Crippen molar-refractivity contribution in [3.63, 3.8) is 0 Å². The third-order valence-electron chi connectivity index (χ3n) is 1.42. The van der Waals surface area contributed by atoms with Crippen molar-refractivity contribution < 1.29 is 19.5 Å². The maximum absolute atomic E-state index is 10.8. The van der Waals surface area contributed by atoms with E-state index in [1.807, 2.05) is 0 Å². The Labute approximate surface area is 62.5 Å². The Morgan fingerprint density at radius 1 is 1.45 bits per heavy atom. The molecule has 1 N–H and O–H groups in total. The molecule has 0 atom stereocenters. The molecule has 4 nitrogen and oxygen atoms in total. The van der Waals surface area contributed by atoms with E-state index in [1.165, 1.54) is 0 Å². The minimum Gasteiger partial charge on any atom is -0.478 e. The van der Waals surface area contributed by atoms with E-state index in [1.54, 1.807) is 0 Å². The summed E-state index contributed by atoms with van der Waals surface area (Å²) in [5.41, 5.74) is -0.260. The number of allylic oxidation sites excluding steroid dienone is 1. The minimum atomic E-state index is -1.25. The van der Waals surface area contributed by atoms with Crippen molar-refractivity contribution in [3.8, 4) is 0 Å². The zero-order valence-corrected chi connectivity index (χ0v) is 5.66. The molecule has 0 aliphatic heterocycles. The molecule has 0 bridgehead atoms. The number of aliphatic carboxylic acids is 1. The Bertz CT molecular complexity index is 262. The third kappa shape index (κ3) is 1.52. The summed E-state index contributed by atoms with van der Waals surface area (Å²) in [7, 11) is 0. The Kier molecular flexibility index (Phi) is 1.85. The van der Waals surface area contributed by atoms with Crippen molar-refractivity contribution in [2.45, 2.75) is 12.8 Å². The van der Waals surface area contributed by atoms with E-state index in [9.17, 15) is 14.4 Å². The van der Waals surface area contributed by atoms with Crippen LogP contribution in [0.2, 0.25) is 0 Å². The van der Waals surface area contributed by atoms with Crippen molar-refractivity contribution in [2.24, 2.45) is 0 Å². The molecule has 1 aliphatic carbocycles. The van der Waals surface area contributed by atoms with Crippen LogP contribution in [0.3, 0.4) is 0 Å². The Morgan fingerprint density at radius 2 is 2.09 bits per heavy atom. The summed E-state index contributed by atoms with van der Waals surface area (Å²) >= 11 is 0. The first-order valence-electron chi connectivity index (χ1n) is 3.09. The highest BCUT2D eigenvalue weighted by molar-refractivity contribution is 6.23. The number of carboxylic acids is 1. The molecule has 1 aliphatic rings. The Hall–Kier alpha value is -1.45. The first-order chi connectivity index (χ1) is 5.11. The highest BCUT2D eigenvalue weighted by Gasteiger charge is 2.23. The summed E-state index contributed by atoms with van der Waals surface area (Å²) < 4.78 is 0. The summed E-state index contributed by atoms with van der Waals surface area (Å²) in [6.07, 6.45) is 0.960. The molecule has 0 aromatic rings. The maximum atomic E-state index is 10.8. The minimum absolute atomic E-state index is 0.0629. The number of Topliss-reactive ketones (excluding diaryl/α,β-unsaturated/α-hetero) is 2. The van der Waals surface area contributed by atoms with Gasteiger partial charge in [-0.25, -0.2) is 4.79 Å². The zero-order valence-electron chi connectivity index (χ0n) is 5.66. The standard InChI is InChI=1S/C7H6O4/c8-4-1-2-5(7(10)11)6(9)3-4/h2H,1,3H2,(H,10,11). The zero-order chi connectivity index (χ0) is 8.43. The predicted octanol–water partition coefficient (Wildman–Crippen LogP) is -0.0706. The first kappa shape index (κ1) is 7.65. The first-order valence-corrected chi connectivity index (χ1v) is 3.09. The molecule has 58 valence electrons. The van der Waals surface area contributed by atoms with Crippen LogP contribution < -0.4 is 0 Å². The number of carbonyl (C=O) groups excluding carboxylic acids is 2. The van der Waals surface area contributed by atoms with Crippen molar-refractivity contribution in [1.29, 1.82) is 0 Å². The number of carbonyl (C=O) groups is 3. The van der Waals surface area contributed by atoms with Crippen LogP contribution in [-0.2, 0) is 14.4 Å². The van der Waals surface area contributed by atoms with Gasteiger partial charge in [-0.3, -0.25) is 9.59 Å². The quantitative estimate of drug-likeness (QED) is 0.424. The number of rotatable bonds is 1. The topological polar surface area (TPSA) is 71.4 Å². The van der Waals surface area contributed by atoms with Crippen LogP contribution in [-0.4, -0.2) is 22.6 Å². The number of ketones is 2. The lowest BCUT2D eigenvalue weighted by atomic mass is 9.97. The summed E-state index contributed by atoms with van der Waals surface area (Å²) in [6.45, 7) is 0. The van der Waals surface area contributed by atoms with Gasteiger partial charge in [-0.2, -0.15) is 0 Å². The molecule has 0 saturated carbocycles. The number of hydrogen-bond acceptors (Lipinski definition) is 3.